The van der Waals surface area contributed by atoms with Gasteiger partial charge in [0.25, 0.3) is 11.9 Å². The van der Waals surface area contributed by atoms with Gasteiger partial charge in [-0.25, -0.2) is 0 Å². The number of aliphatic hydroxyl groups excluding tert-OH is 4. The number of aliphatic hydroxyl groups is 6. The highest BCUT2D eigenvalue weighted by molar-refractivity contribution is 4.76. The van der Waals surface area contributed by atoms with Crippen LogP contribution in [0.1, 0.15) is 33.6 Å². The van der Waals surface area contributed by atoms with Crippen molar-refractivity contribution in [3.63, 3.8) is 0 Å². The Morgan fingerprint density at radius 1 is 0.941 bits per heavy atom. The molecule has 0 aromatic rings. The summed E-state index contributed by atoms with van der Waals surface area (Å²) in [5.41, 5.74) is 0. The minimum absolute atomic E-state index is 0.139. The van der Waals surface area contributed by atoms with Crippen LogP contribution in [0, 0.1) is 0 Å². The van der Waals surface area contributed by atoms with Gasteiger partial charge >= 0.3 is 0 Å². The Hall–Kier alpha value is -1.40. The molecular weight excluding hydrogens is 228 g/mol. The first-order chi connectivity index (χ1) is 7.81. The molecule has 0 aliphatic heterocycles. The Kier molecular flexibility index (Phi) is 21.0. The summed E-state index contributed by atoms with van der Waals surface area (Å²) in [4.78, 5) is 0. The molecule has 6 nitrogen and oxygen atoms in total. The maximum Gasteiger partial charge on any atom is 0.269 e. The zero-order valence-electron chi connectivity index (χ0n) is 10.5. The van der Waals surface area contributed by atoms with E-state index in [4.69, 9.17) is 30.6 Å². The van der Waals surface area contributed by atoms with Crippen LogP contribution in [0.3, 0.4) is 0 Å². The maximum atomic E-state index is 8.11. The van der Waals surface area contributed by atoms with Gasteiger partial charge in [0.05, 0.1) is 12.7 Å². The predicted molar refractivity (Wildman–Crippen MR) is 66.0 cm³/mol. The average Bonchev–Trinajstić information content (AvgIpc) is 2.19. The van der Waals surface area contributed by atoms with Gasteiger partial charge in [-0.05, 0) is 31.9 Å². The van der Waals surface area contributed by atoms with Gasteiger partial charge in [0.15, 0.2) is 0 Å². The van der Waals surface area contributed by atoms with Crippen LogP contribution in [0.4, 0.5) is 0 Å². The van der Waals surface area contributed by atoms with E-state index < -0.39 is 18.0 Å². The molecule has 17 heavy (non-hydrogen) atoms. The SMILES string of the molecule is CC(O)CO.CCC=C(O)O.CCC=C(O)O. The molecule has 0 saturated carbocycles. The summed E-state index contributed by atoms with van der Waals surface area (Å²) in [5, 5.41) is 47.9. The molecule has 0 bridgehead atoms. The lowest BCUT2D eigenvalue weighted by Crippen LogP contribution is -2.03. The van der Waals surface area contributed by atoms with Crippen LogP contribution in [0.2, 0.25) is 0 Å². The van der Waals surface area contributed by atoms with E-state index in [1.54, 1.807) is 0 Å². The third-order valence-electron chi connectivity index (χ3n) is 1.04. The molecule has 0 aliphatic rings. The maximum absolute atomic E-state index is 8.11. The minimum atomic E-state index is -0.586. The summed E-state index contributed by atoms with van der Waals surface area (Å²) in [7, 11) is 0. The van der Waals surface area contributed by atoms with Crippen molar-refractivity contribution < 1.29 is 30.6 Å². The van der Waals surface area contributed by atoms with Gasteiger partial charge in [0.2, 0.25) is 0 Å². The highest BCUT2D eigenvalue weighted by atomic mass is 16.5. The number of hydrogen-bond donors (Lipinski definition) is 6. The second-order valence-corrected chi connectivity index (χ2v) is 2.97. The summed E-state index contributed by atoms with van der Waals surface area (Å²) in [6.45, 7) is 5.04. The smallest absolute Gasteiger partial charge is 0.269 e. The Labute approximate surface area is 102 Å². The van der Waals surface area contributed by atoms with Crippen molar-refractivity contribution in [2.45, 2.75) is 39.7 Å². The average molecular weight is 252 g/mol. The molecule has 0 aromatic heterocycles. The van der Waals surface area contributed by atoms with Gasteiger partial charge in [-0.1, -0.05) is 13.8 Å². The molecule has 0 radical (unpaired) electrons. The molecule has 0 aromatic carbocycles. The van der Waals surface area contributed by atoms with Crippen molar-refractivity contribution in [1.82, 2.24) is 0 Å². The standard InChI is InChI=1S/2C4H8O2.C3H8O2/c2*1-2-3-4(5)6;1-3(5)2-4/h2*3,5-6H,2H2,1H3;3-5H,2H2,1H3. The molecule has 6 N–H and O–H groups in total. The molecule has 0 amide bonds. The molecular formula is C11H24O6. The monoisotopic (exact) mass is 252 g/mol. The van der Waals surface area contributed by atoms with E-state index in [1.165, 1.54) is 19.1 Å². The Balaban J connectivity index is -0.000000174. The molecule has 1 unspecified atom stereocenters. The third kappa shape index (κ3) is 53.2. The molecule has 0 heterocycles. The first kappa shape index (κ1) is 20.9. The van der Waals surface area contributed by atoms with Crippen LogP contribution in [-0.2, 0) is 0 Å². The zero-order chi connectivity index (χ0) is 14.3. The number of hydrogen-bond acceptors (Lipinski definition) is 6. The predicted octanol–water partition coefficient (Wildman–Crippen LogP) is 2.07. The summed E-state index contributed by atoms with van der Waals surface area (Å²) < 4.78 is 0. The van der Waals surface area contributed by atoms with Crippen molar-refractivity contribution in [2.75, 3.05) is 6.61 Å². The summed E-state index contributed by atoms with van der Waals surface area (Å²) in [5.74, 6) is -1.17. The van der Waals surface area contributed by atoms with Crippen LogP contribution in [0.15, 0.2) is 24.0 Å². The lowest BCUT2D eigenvalue weighted by atomic mass is 10.5. The van der Waals surface area contributed by atoms with Gasteiger partial charge in [-0.15, -0.1) is 0 Å². The fraction of sp³-hybridized carbons (Fsp3) is 0.636. The van der Waals surface area contributed by atoms with Gasteiger partial charge in [-0.2, -0.15) is 0 Å². The molecule has 0 fully saturated rings. The van der Waals surface area contributed by atoms with Crippen LogP contribution in [0.5, 0.6) is 0 Å². The van der Waals surface area contributed by atoms with Crippen molar-refractivity contribution in [3.8, 4) is 0 Å². The van der Waals surface area contributed by atoms with E-state index in [-0.39, 0.29) is 6.61 Å². The van der Waals surface area contributed by atoms with Gasteiger partial charge in [0, 0.05) is 0 Å². The minimum Gasteiger partial charge on any atom is -0.481 e. The van der Waals surface area contributed by atoms with Crippen LogP contribution in [0.25, 0.3) is 0 Å². The normalized spacial score (nSPS) is 9.71. The van der Waals surface area contributed by atoms with Crippen LogP contribution < -0.4 is 0 Å². The van der Waals surface area contributed by atoms with Crippen molar-refractivity contribution in [1.29, 1.82) is 0 Å². The topological polar surface area (TPSA) is 121 Å². The molecule has 0 spiro atoms. The van der Waals surface area contributed by atoms with E-state index >= 15 is 0 Å². The lowest BCUT2D eigenvalue weighted by molar-refractivity contribution is 0.110. The molecule has 0 rings (SSSR count). The summed E-state index contributed by atoms with van der Waals surface area (Å²) in [6.07, 6.45) is 3.42. The molecule has 104 valence electrons. The van der Waals surface area contributed by atoms with E-state index in [2.05, 4.69) is 0 Å². The summed E-state index contributed by atoms with van der Waals surface area (Å²) in [6, 6.07) is 0. The lowest BCUT2D eigenvalue weighted by Gasteiger charge is -1.90. The first-order valence-corrected chi connectivity index (χ1v) is 5.26. The van der Waals surface area contributed by atoms with Crippen LogP contribution in [-0.4, -0.2) is 43.4 Å². The zero-order valence-corrected chi connectivity index (χ0v) is 10.5. The molecule has 0 aliphatic carbocycles. The molecule has 6 heteroatoms. The van der Waals surface area contributed by atoms with Crippen molar-refractivity contribution >= 4 is 0 Å². The first-order valence-electron chi connectivity index (χ1n) is 5.26. The van der Waals surface area contributed by atoms with Crippen LogP contribution >= 0.6 is 0 Å². The van der Waals surface area contributed by atoms with E-state index in [9.17, 15) is 0 Å². The number of allylic oxidation sites excluding steroid dienone is 2. The van der Waals surface area contributed by atoms with E-state index in [1.807, 2.05) is 13.8 Å². The summed E-state index contributed by atoms with van der Waals surface area (Å²) >= 11 is 0. The fourth-order valence-electron chi connectivity index (χ4n) is 0.365. The van der Waals surface area contributed by atoms with Crippen molar-refractivity contribution in [2.24, 2.45) is 0 Å². The second kappa shape index (κ2) is 17.0. The van der Waals surface area contributed by atoms with Gasteiger partial charge in [0.1, 0.15) is 0 Å². The highest BCUT2D eigenvalue weighted by Gasteiger charge is 1.83. The number of rotatable bonds is 3. The van der Waals surface area contributed by atoms with Crippen molar-refractivity contribution in [3.05, 3.63) is 24.0 Å². The third-order valence-corrected chi connectivity index (χ3v) is 1.04. The second-order valence-electron chi connectivity index (χ2n) is 2.97. The Morgan fingerprint density at radius 3 is 1.18 bits per heavy atom. The fourth-order valence-corrected chi connectivity index (χ4v) is 0.365. The Morgan fingerprint density at radius 2 is 1.18 bits per heavy atom. The molecule has 1 atom stereocenters. The molecule has 0 saturated heterocycles. The van der Waals surface area contributed by atoms with E-state index in [0.29, 0.717) is 12.8 Å². The van der Waals surface area contributed by atoms with Gasteiger partial charge in [-0.3, -0.25) is 0 Å². The van der Waals surface area contributed by atoms with Gasteiger partial charge < -0.3 is 30.6 Å². The largest absolute Gasteiger partial charge is 0.481 e. The van der Waals surface area contributed by atoms with E-state index in [0.717, 1.165) is 0 Å². The Bertz CT molecular complexity index is 172. The quantitative estimate of drug-likeness (QED) is 0.428. The highest BCUT2D eigenvalue weighted by Crippen LogP contribution is 1.82.